The van der Waals surface area contributed by atoms with E-state index in [1.54, 1.807) is 0 Å². The zero-order chi connectivity index (χ0) is 44.7. The van der Waals surface area contributed by atoms with Gasteiger partial charge in [-0.15, -0.1) is 0 Å². The summed E-state index contributed by atoms with van der Waals surface area (Å²) in [5.41, 5.74) is 12.4. The molecule has 0 aliphatic carbocycles. The quantitative estimate of drug-likeness (QED) is 0.156. The Balaban J connectivity index is 1.06. The van der Waals surface area contributed by atoms with Gasteiger partial charge in [0.25, 0.3) is 0 Å². The van der Waals surface area contributed by atoms with E-state index in [9.17, 15) is 0 Å². The third-order valence-corrected chi connectivity index (χ3v) is 13.6. The van der Waals surface area contributed by atoms with Crippen molar-refractivity contribution in [2.24, 2.45) is 0 Å². The second kappa shape index (κ2) is 15.2. The molecule has 0 saturated heterocycles. The first-order chi connectivity index (χ1) is 33.7. The fourth-order valence-corrected chi connectivity index (χ4v) is 10.6. The van der Waals surface area contributed by atoms with Gasteiger partial charge in [-0.1, -0.05) is 176 Å². The first kappa shape index (κ1) is 38.1. The van der Waals surface area contributed by atoms with Crippen LogP contribution in [0.3, 0.4) is 0 Å². The zero-order valence-corrected chi connectivity index (χ0v) is 36.6. The maximum atomic E-state index is 6.53. The van der Waals surface area contributed by atoms with Crippen molar-refractivity contribution in [3.8, 4) is 62.1 Å². The number of rotatable bonds is 6. The van der Waals surface area contributed by atoms with Gasteiger partial charge in [-0.25, -0.2) is 15.0 Å². The van der Waals surface area contributed by atoms with Crippen LogP contribution in [0.25, 0.3) is 138 Å². The van der Waals surface area contributed by atoms with Gasteiger partial charge < -0.3 is 8.98 Å². The van der Waals surface area contributed by atoms with Crippen molar-refractivity contribution in [2.75, 3.05) is 0 Å². The van der Waals surface area contributed by atoms with E-state index in [0.717, 1.165) is 93.8 Å². The van der Waals surface area contributed by atoms with Gasteiger partial charge >= 0.3 is 0 Å². The SMILES string of the molecule is c1ccc(-c2nc(-c3ccccc3)nc(-c3cc(-c4cccc(-c5cccc6c5c5c7c(ccc5n6-c5ccccc5)oc5ccccc57)c4)cc4c5ccccc5c5ccccc5c34)n2)cc1. The lowest BCUT2D eigenvalue weighted by atomic mass is 9.88. The van der Waals surface area contributed by atoms with Crippen molar-refractivity contribution in [3.05, 3.63) is 231 Å². The molecule has 5 nitrogen and oxygen atoms in total. The van der Waals surface area contributed by atoms with Crippen LogP contribution in [0.15, 0.2) is 235 Å². The van der Waals surface area contributed by atoms with E-state index >= 15 is 0 Å². The van der Waals surface area contributed by atoms with Crippen molar-refractivity contribution in [3.63, 3.8) is 0 Å². The molecular weight excluding hydrogens is 829 g/mol. The highest BCUT2D eigenvalue weighted by Crippen LogP contribution is 2.47. The van der Waals surface area contributed by atoms with Crippen molar-refractivity contribution in [1.29, 1.82) is 0 Å². The molecule has 0 saturated carbocycles. The molecule has 11 aromatic carbocycles. The van der Waals surface area contributed by atoms with Crippen LogP contribution < -0.4 is 0 Å². The first-order valence-corrected chi connectivity index (χ1v) is 23.0. The van der Waals surface area contributed by atoms with Crippen LogP contribution in [0.4, 0.5) is 0 Å². The van der Waals surface area contributed by atoms with E-state index in [0.29, 0.717) is 17.5 Å². The minimum Gasteiger partial charge on any atom is -0.456 e. The maximum Gasteiger partial charge on any atom is 0.164 e. The van der Waals surface area contributed by atoms with Gasteiger partial charge in [0.15, 0.2) is 17.5 Å². The summed E-state index contributed by atoms with van der Waals surface area (Å²) in [5, 5.41) is 11.6. The fourth-order valence-electron chi connectivity index (χ4n) is 10.6. The van der Waals surface area contributed by atoms with Crippen LogP contribution in [0.5, 0.6) is 0 Å². The second-order valence-electron chi connectivity index (χ2n) is 17.5. The minimum atomic E-state index is 0.621. The third-order valence-electron chi connectivity index (χ3n) is 13.6. The molecule has 0 spiro atoms. The maximum absolute atomic E-state index is 6.53. The highest BCUT2D eigenvalue weighted by Gasteiger charge is 2.23. The lowest BCUT2D eigenvalue weighted by Crippen LogP contribution is -2.01. The Morgan fingerprint density at radius 1 is 0.279 bits per heavy atom. The molecule has 0 aliphatic rings. The second-order valence-corrected chi connectivity index (χ2v) is 17.5. The van der Waals surface area contributed by atoms with E-state index in [-0.39, 0.29) is 0 Å². The van der Waals surface area contributed by atoms with Gasteiger partial charge in [-0.2, -0.15) is 0 Å². The third kappa shape index (κ3) is 5.93. The molecule has 0 atom stereocenters. The number of hydrogen-bond acceptors (Lipinski definition) is 4. The average Bonchev–Trinajstić information content (AvgIpc) is 3.97. The molecule has 0 radical (unpaired) electrons. The topological polar surface area (TPSA) is 56.7 Å². The standard InChI is InChI=1S/C63H38N4O/c1-4-18-39(19-5-1)61-64-62(40-20-6-2-7-21-40)66-63(65-61)52-38-43(37-51-48-28-11-10-26-46(48)47-27-12-13-29-49(47)57(51)52)41-22-16-23-42(36-41)45-31-17-32-53-58(45)60-54(67(53)44-24-8-3-9-25-44)34-35-56-59(60)50-30-14-15-33-55(50)68-56/h1-38H. The Bertz CT molecular complexity index is 4250. The minimum absolute atomic E-state index is 0.621. The summed E-state index contributed by atoms with van der Waals surface area (Å²) in [4.78, 5) is 15.8. The molecule has 3 aromatic heterocycles. The van der Waals surface area contributed by atoms with Gasteiger partial charge in [0, 0.05) is 49.3 Å². The normalized spacial score (nSPS) is 11.8. The molecule has 0 unspecified atom stereocenters. The number of aromatic nitrogens is 4. The molecule has 14 aromatic rings. The molecule has 0 fully saturated rings. The van der Waals surface area contributed by atoms with Gasteiger partial charge in [0.1, 0.15) is 11.2 Å². The number of fused-ring (bicyclic) bond motifs is 13. The number of furan rings is 1. The number of para-hydroxylation sites is 2. The van der Waals surface area contributed by atoms with E-state index in [4.69, 9.17) is 19.4 Å². The Morgan fingerprint density at radius 3 is 1.54 bits per heavy atom. The summed E-state index contributed by atoms with van der Waals surface area (Å²) in [6.07, 6.45) is 0. The van der Waals surface area contributed by atoms with Crippen LogP contribution in [-0.4, -0.2) is 19.5 Å². The first-order valence-electron chi connectivity index (χ1n) is 23.0. The summed E-state index contributed by atoms with van der Waals surface area (Å²) < 4.78 is 8.92. The summed E-state index contributed by atoms with van der Waals surface area (Å²) >= 11 is 0. The molecule has 5 heteroatoms. The Labute approximate surface area is 390 Å². The lowest BCUT2D eigenvalue weighted by molar-refractivity contribution is 0.669. The number of benzene rings is 11. The highest BCUT2D eigenvalue weighted by molar-refractivity contribution is 6.31. The molecule has 0 N–H and O–H groups in total. The Kier molecular flexibility index (Phi) is 8.52. The van der Waals surface area contributed by atoms with E-state index in [2.05, 4.69) is 193 Å². The summed E-state index contributed by atoms with van der Waals surface area (Å²) in [7, 11) is 0. The van der Waals surface area contributed by atoms with Gasteiger partial charge in [0.05, 0.1) is 11.0 Å². The number of hydrogen-bond donors (Lipinski definition) is 0. The molecule has 68 heavy (non-hydrogen) atoms. The summed E-state index contributed by atoms with van der Waals surface area (Å²) in [5.74, 6) is 1.88. The summed E-state index contributed by atoms with van der Waals surface area (Å²) in [6.45, 7) is 0. The smallest absolute Gasteiger partial charge is 0.164 e. The van der Waals surface area contributed by atoms with Crippen molar-refractivity contribution < 1.29 is 4.42 Å². The zero-order valence-electron chi connectivity index (χ0n) is 36.6. The Hall–Kier alpha value is -9.19. The van der Waals surface area contributed by atoms with Gasteiger partial charge in [0.2, 0.25) is 0 Å². The summed E-state index contributed by atoms with van der Waals surface area (Å²) in [6, 6.07) is 81.7. The molecule has 316 valence electrons. The van der Waals surface area contributed by atoms with E-state index in [1.807, 2.05) is 42.5 Å². The van der Waals surface area contributed by atoms with Crippen molar-refractivity contribution in [2.45, 2.75) is 0 Å². The van der Waals surface area contributed by atoms with Crippen molar-refractivity contribution >= 4 is 76.1 Å². The monoisotopic (exact) mass is 866 g/mol. The van der Waals surface area contributed by atoms with Crippen LogP contribution in [0.2, 0.25) is 0 Å². The van der Waals surface area contributed by atoms with Gasteiger partial charge in [-0.05, 0) is 104 Å². The van der Waals surface area contributed by atoms with E-state index < -0.39 is 0 Å². The fraction of sp³-hybridized carbons (Fsp3) is 0. The molecule has 14 rings (SSSR count). The molecule has 3 heterocycles. The van der Waals surface area contributed by atoms with Gasteiger partial charge in [-0.3, -0.25) is 0 Å². The highest BCUT2D eigenvalue weighted by atomic mass is 16.3. The largest absolute Gasteiger partial charge is 0.456 e. The predicted octanol–water partition coefficient (Wildman–Crippen LogP) is 16.7. The Morgan fingerprint density at radius 2 is 0.824 bits per heavy atom. The molecule has 0 aliphatic heterocycles. The van der Waals surface area contributed by atoms with Crippen LogP contribution >= 0.6 is 0 Å². The van der Waals surface area contributed by atoms with E-state index in [1.165, 1.54) is 26.9 Å². The molecule has 0 bridgehead atoms. The average molecular weight is 867 g/mol. The van der Waals surface area contributed by atoms with Crippen LogP contribution in [0.1, 0.15) is 0 Å². The number of nitrogens with zero attached hydrogens (tertiary/aromatic N) is 4. The predicted molar refractivity (Wildman–Crippen MR) is 281 cm³/mol. The molecular formula is C63H38N4O. The van der Waals surface area contributed by atoms with Crippen LogP contribution in [0, 0.1) is 0 Å². The molecule has 0 amide bonds. The van der Waals surface area contributed by atoms with Crippen LogP contribution in [-0.2, 0) is 0 Å². The van der Waals surface area contributed by atoms with Crippen molar-refractivity contribution in [1.82, 2.24) is 19.5 Å². The lowest BCUT2D eigenvalue weighted by Gasteiger charge is -2.17.